The van der Waals surface area contributed by atoms with Crippen LogP contribution in [-0.2, 0) is 0 Å². The van der Waals surface area contributed by atoms with Crippen molar-refractivity contribution in [3.63, 3.8) is 0 Å². The number of hydrogen-bond acceptors (Lipinski definition) is 4. The zero-order valence-corrected chi connectivity index (χ0v) is 10.0. The molecule has 0 heterocycles. The van der Waals surface area contributed by atoms with Gasteiger partial charge in [-0.1, -0.05) is 11.6 Å². The number of rotatable bonds is 7. The van der Waals surface area contributed by atoms with E-state index < -0.39 is 4.92 Å². The van der Waals surface area contributed by atoms with Crippen LogP contribution in [0.3, 0.4) is 0 Å². The summed E-state index contributed by atoms with van der Waals surface area (Å²) in [6.45, 7) is 0.596. The van der Waals surface area contributed by atoms with E-state index in [-0.39, 0.29) is 12.3 Å². The minimum absolute atomic E-state index is 0.0419. The van der Waals surface area contributed by atoms with Gasteiger partial charge < -0.3 is 9.84 Å². The molecule has 0 aliphatic carbocycles. The molecule has 0 spiro atoms. The van der Waals surface area contributed by atoms with Gasteiger partial charge in [-0.2, -0.15) is 0 Å². The number of non-ortho nitro benzene ring substituents is 1. The lowest BCUT2D eigenvalue weighted by atomic mass is 10.2. The highest BCUT2D eigenvalue weighted by atomic mass is 35.5. The van der Waals surface area contributed by atoms with E-state index in [0.29, 0.717) is 17.4 Å². The van der Waals surface area contributed by atoms with Gasteiger partial charge in [-0.15, -0.1) is 0 Å². The number of nitro benzene ring substituents is 1. The van der Waals surface area contributed by atoms with Crippen LogP contribution < -0.4 is 4.74 Å². The van der Waals surface area contributed by atoms with Crippen LogP contribution >= 0.6 is 11.6 Å². The van der Waals surface area contributed by atoms with Gasteiger partial charge in [0.15, 0.2) is 0 Å². The topological polar surface area (TPSA) is 72.6 Å². The molecule has 6 heteroatoms. The second-order valence-corrected chi connectivity index (χ2v) is 3.91. The maximum atomic E-state index is 10.6. The molecule has 1 rings (SSSR count). The predicted octanol–water partition coefficient (Wildman–Crippen LogP) is 2.79. The van der Waals surface area contributed by atoms with E-state index in [0.717, 1.165) is 19.3 Å². The highest BCUT2D eigenvalue weighted by Gasteiger charge is 2.10. The molecule has 1 N–H and O–H groups in total. The van der Waals surface area contributed by atoms with Crippen molar-refractivity contribution in [2.45, 2.75) is 19.3 Å². The monoisotopic (exact) mass is 259 g/mol. The summed E-state index contributed by atoms with van der Waals surface area (Å²) >= 11 is 5.85. The lowest BCUT2D eigenvalue weighted by Gasteiger charge is -2.07. The highest BCUT2D eigenvalue weighted by Crippen LogP contribution is 2.28. The van der Waals surface area contributed by atoms with Crippen molar-refractivity contribution < 1.29 is 14.8 Å². The minimum Gasteiger partial charge on any atom is -0.492 e. The summed E-state index contributed by atoms with van der Waals surface area (Å²) < 4.78 is 5.36. The molecule has 0 aliphatic rings. The fourth-order valence-electron chi connectivity index (χ4n) is 1.29. The number of hydrogen-bond donors (Lipinski definition) is 1. The summed E-state index contributed by atoms with van der Waals surface area (Å²) in [6.07, 6.45) is 2.36. The van der Waals surface area contributed by atoms with Gasteiger partial charge in [0.1, 0.15) is 5.75 Å². The number of halogens is 1. The predicted molar refractivity (Wildman–Crippen MR) is 64.5 cm³/mol. The third-order valence-corrected chi connectivity index (χ3v) is 2.50. The number of ether oxygens (including phenoxy) is 1. The van der Waals surface area contributed by atoms with Crippen LogP contribution in [0.1, 0.15) is 19.3 Å². The lowest BCUT2D eigenvalue weighted by Crippen LogP contribution is -1.99. The average Bonchev–Trinajstić information content (AvgIpc) is 2.30. The number of aliphatic hydroxyl groups is 1. The Balaban J connectivity index is 2.51. The molecule has 0 saturated carbocycles. The second kappa shape index (κ2) is 7.09. The van der Waals surface area contributed by atoms with Crippen molar-refractivity contribution in [1.29, 1.82) is 0 Å². The fraction of sp³-hybridized carbons (Fsp3) is 0.455. The first kappa shape index (κ1) is 13.7. The van der Waals surface area contributed by atoms with Gasteiger partial charge in [0, 0.05) is 12.7 Å². The van der Waals surface area contributed by atoms with Crippen molar-refractivity contribution in [2.75, 3.05) is 13.2 Å². The number of nitro groups is 1. The van der Waals surface area contributed by atoms with Crippen LogP contribution in [0.2, 0.25) is 5.02 Å². The maximum absolute atomic E-state index is 10.6. The number of aliphatic hydroxyl groups excluding tert-OH is 1. The standard InChI is InChI=1S/C11H14ClNO4/c12-10-5-4-9(13(15)16)8-11(10)17-7-3-1-2-6-14/h4-5,8,14H,1-3,6-7H2. The van der Waals surface area contributed by atoms with Crippen molar-refractivity contribution in [2.24, 2.45) is 0 Å². The Hall–Kier alpha value is -1.33. The van der Waals surface area contributed by atoms with Gasteiger partial charge >= 0.3 is 0 Å². The molecule has 5 nitrogen and oxygen atoms in total. The van der Waals surface area contributed by atoms with E-state index in [1.807, 2.05) is 0 Å². The van der Waals surface area contributed by atoms with Gasteiger partial charge in [-0.3, -0.25) is 10.1 Å². The largest absolute Gasteiger partial charge is 0.492 e. The first-order valence-corrected chi connectivity index (χ1v) is 5.70. The average molecular weight is 260 g/mol. The van der Waals surface area contributed by atoms with Crippen LogP contribution in [0.4, 0.5) is 5.69 Å². The van der Waals surface area contributed by atoms with Crippen molar-refractivity contribution in [3.8, 4) is 5.75 Å². The number of nitrogens with zero attached hydrogens (tertiary/aromatic N) is 1. The van der Waals surface area contributed by atoms with E-state index >= 15 is 0 Å². The smallest absolute Gasteiger partial charge is 0.273 e. The maximum Gasteiger partial charge on any atom is 0.273 e. The van der Waals surface area contributed by atoms with Crippen LogP contribution in [0.5, 0.6) is 5.75 Å². The molecular formula is C11H14ClNO4. The lowest BCUT2D eigenvalue weighted by molar-refractivity contribution is -0.384. The Morgan fingerprint density at radius 2 is 2.12 bits per heavy atom. The summed E-state index contributed by atoms with van der Waals surface area (Å²) in [5, 5.41) is 19.5. The van der Waals surface area contributed by atoms with Gasteiger partial charge in [0.2, 0.25) is 0 Å². The Labute approximate surface area is 104 Å². The zero-order chi connectivity index (χ0) is 12.7. The SMILES string of the molecule is O=[N+]([O-])c1ccc(Cl)c(OCCCCCO)c1. The molecule has 1 aromatic rings. The summed E-state index contributed by atoms with van der Waals surface area (Å²) in [4.78, 5) is 10.1. The van der Waals surface area contributed by atoms with Crippen LogP contribution in [-0.4, -0.2) is 23.2 Å². The summed E-state index contributed by atoms with van der Waals surface area (Å²) in [5.41, 5.74) is -0.0419. The van der Waals surface area contributed by atoms with E-state index in [1.54, 1.807) is 0 Å². The molecule has 0 bridgehead atoms. The van der Waals surface area contributed by atoms with E-state index in [1.165, 1.54) is 18.2 Å². The molecule has 0 atom stereocenters. The normalized spacial score (nSPS) is 10.2. The quantitative estimate of drug-likeness (QED) is 0.464. The van der Waals surface area contributed by atoms with Gasteiger partial charge in [-0.05, 0) is 25.3 Å². The van der Waals surface area contributed by atoms with Crippen molar-refractivity contribution in [3.05, 3.63) is 33.3 Å². The van der Waals surface area contributed by atoms with Crippen LogP contribution in [0.25, 0.3) is 0 Å². The Bertz CT molecular complexity index is 384. The van der Waals surface area contributed by atoms with Crippen LogP contribution in [0, 0.1) is 10.1 Å². The van der Waals surface area contributed by atoms with Gasteiger partial charge in [0.05, 0.1) is 22.6 Å². The molecule has 0 aromatic heterocycles. The Morgan fingerprint density at radius 3 is 2.76 bits per heavy atom. The molecule has 0 unspecified atom stereocenters. The highest BCUT2D eigenvalue weighted by molar-refractivity contribution is 6.32. The second-order valence-electron chi connectivity index (χ2n) is 3.50. The first-order valence-electron chi connectivity index (χ1n) is 5.32. The van der Waals surface area contributed by atoms with E-state index in [9.17, 15) is 10.1 Å². The molecule has 17 heavy (non-hydrogen) atoms. The fourth-order valence-corrected chi connectivity index (χ4v) is 1.46. The molecule has 1 aromatic carbocycles. The Morgan fingerprint density at radius 1 is 1.35 bits per heavy atom. The molecule has 0 radical (unpaired) electrons. The first-order chi connectivity index (χ1) is 8.15. The summed E-state index contributed by atoms with van der Waals surface area (Å²) in [6, 6.07) is 4.10. The molecule has 0 aliphatic heterocycles. The van der Waals surface area contributed by atoms with Crippen LogP contribution in [0.15, 0.2) is 18.2 Å². The summed E-state index contributed by atoms with van der Waals surface area (Å²) in [5.74, 6) is 0.324. The zero-order valence-electron chi connectivity index (χ0n) is 9.26. The van der Waals surface area contributed by atoms with Crippen molar-refractivity contribution >= 4 is 17.3 Å². The van der Waals surface area contributed by atoms with Gasteiger partial charge in [-0.25, -0.2) is 0 Å². The molecule has 94 valence electrons. The van der Waals surface area contributed by atoms with Crippen molar-refractivity contribution in [1.82, 2.24) is 0 Å². The van der Waals surface area contributed by atoms with E-state index in [2.05, 4.69) is 0 Å². The molecule has 0 saturated heterocycles. The number of unbranched alkanes of at least 4 members (excludes halogenated alkanes) is 2. The third kappa shape index (κ3) is 4.58. The number of benzene rings is 1. The summed E-state index contributed by atoms with van der Waals surface area (Å²) in [7, 11) is 0. The Kier molecular flexibility index (Phi) is 5.72. The molecular weight excluding hydrogens is 246 g/mol. The van der Waals surface area contributed by atoms with E-state index in [4.69, 9.17) is 21.4 Å². The third-order valence-electron chi connectivity index (χ3n) is 2.19. The minimum atomic E-state index is -0.491. The molecule has 0 amide bonds. The molecule has 0 fully saturated rings. The van der Waals surface area contributed by atoms with Gasteiger partial charge in [0.25, 0.3) is 5.69 Å².